The highest BCUT2D eigenvalue weighted by atomic mass is 16.5. The molecule has 2 rings (SSSR count). The molecule has 1 aromatic rings. The average molecular weight is 307 g/mol. The summed E-state index contributed by atoms with van der Waals surface area (Å²) in [5, 5.41) is 5.55. The van der Waals surface area contributed by atoms with E-state index in [9.17, 15) is 9.59 Å². The van der Waals surface area contributed by atoms with Gasteiger partial charge in [0.05, 0.1) is 20.1 Å². The molecule has 0 aromatic carbocycles. The van der Waals surface area contributed by atoms with E-state index in [2.05, 4.69) is 15.6 Å². The number of amides is 2. The minimum atomic E-state index is -0.382. The number of nitrogens with zero attached hydrogens (tertiary/aromatic N) is 1. The molecule has 1 aromatic heterocycles. The smallest absolute Gasteiger partial charge is 0.319 e. The fourth-order valence-corrected chi connectivity index (χ4v) is 2.71. The Bertz CT molecular complexity index is 535. The summed E-state index contributed by atoms with van der Waals surface area (Å²) in [6, 6.07) is 2.80. The zero-order valence-electron chi connectivity index (χ0n) is 12.8. The predicted octanol–water partition coefficient (Wildman–Crippen LogP) is 1.94. The third kappa shape index (κ3) is 3.87. The number of carbonyl (C=O) groups excluding carboxylic acids is 2. The van der Waals surface area contributed by atoms with E-state index in [1.807, 2.05) is 0 Å². The highest BCUT2D eigenvalue weighted by Gasteiger charge is 2.32. The van der Waals surface area contributed by atoms with Crippen molar-refractivity contribution in [3.63, 3.8) is 0 Å². The Kier molecular flexibility index (Phi) is 5.57. The lowest BCUT2D eigenvalue weighted by atomic mass is 9.84. The maximum absolute atomic E-state index is 12.1. The van der Waals surface area contributed by atoms with E-state index in [1.165, 1.54) is 14.2 Å². The Balaban J connectivity index is 1.99. The minimum Gasteiger partial charge on any atom is -0.480 e. The van der Waals surface area contributed by atoms with Crippen LogP contribution in [0.3, 0.4) is 0 Å². The highest BCUT2D eigenvalue weighted by molar-refractivity contribution is 5.91. The van der Waals surface area contributed by atoms with Crippen LogP contribution >= 0.6 is 0 Å². The van der Waals surface area contributed by atoms with Crippen molar-refractivity contribution in [3.8, 4) is 5.88 Å². The molecule has 1 saturated carbocycles. The van der Waals surface area contributed by atoms with Crippen LogP contribution in [0.1, 0.15) is 25.7 Å². The number of urea groups is 1. The molecule has 7 nitrogen and oxygen atoms in total. The van der Waals surface area contributed by atoms with Gasteiger partial charge in [0.15, 0.2) is 0 Å². The van der Waals surface area contributed by atoms with Crippen molar-refractivity contribution in [3.05, 3.63) is 18.3 Å². The van der Waals surface area contributed by atoms with Crippen LogP contribution in [0.5, 0.6) is 5.88 Å². The third-order valence-electron chi connectivity index (χ3n) is 3.80. The molecule has 0 radical (unpaired) electrons. The van der Waals surface area contributed by atoms with Gasteiger partial charge in [0, 0.05) is 12.2 Å². The average Bonchev–Trinajstić information content (AvgIpc) is 2.55. The van der Waals surface area contributed by atoms with Crippen LogP contribution in [0.4, 0.5) is 10.5 Å². The Morgan fingerprint density at radius 3 is 2.77 bits per heavy atom. The molecule has 1 fully saturated rings. The summed E-state index contributed by atoms with van der Waals surface area (Å²) in [7, 11) is 2.86. The fourth-order valence-electron chi connectivity index (χ4n) is 2.71. The molecular formula is C15H21N3O4. The molecule has 0 aliphatic heterocycles. The minimum absolute atomic E-state index is 0.219. The monoisotopic (exact) mass is 307 g/mol. The molecule has 2 amide bonds. The molecule has 0 unspecified atom stereocenters. The van der Waals surface area contributed by atoms with Gasteiger partial charge in [-0.05, 0) is 25.0 Å². The van der Waals surface area contributed by atoms with Gasteiger partial charge in [-0.2, -0.15) is 0 Å². The zero-order chi connectivity index (χ0) is 15.9. The molecule has 0 saturated heterocycles. The topological polar surface area (TPSA) is 89.5 Å². The SMILES string of the molecule is COC(=O)[C@H]1CCCC[C@@H]1NC(=O)Nc1cccnc1OC. The first-order chi connectivity index (χ1) is 10.7. The van der Waals surface area contributed by atoms with Crippen molar-refractivity contribution in [1.82, 2.24) is 10.3 Å². The first-order valence-corrected chi connectivity index (χ1v) is 7.30. The van der Waals surface area contributed by atoms with Crippen molar-refractivity contribution in [1.29, 1.82) is 0 Å². The molecule has 120 valence electrons. The largest absolute Gasteiger partial charge is 0.480 e. The molecule has 0 spiro atoms. The van der Waals surface area contributed by atoms with Crippen LogP contribution in [-0.4, -0.2) is 37.2 Å². The van der Waals surface area contributed by atoms with E-state index in [1.54, 1.807) is 18.3 Å². The van der Waals surface area contributed by atoms with Crippen molar-refractivity contribution in [2.75, 3.05) is 19.5 Å². The Hall–Kier alpha value is -2.31. The number of nitrogens with one attached hydrogen (secondary N) is 2. The first kappa shape index (κ1) is 16.1. The lowest BCUT2D eigenvalue weighted by Gasteiger charge is -2.30. The summed E-state index contributed by atoms with van der Waals surface area (Å²) in [4.78, 5) is 28.0. The zero-order valence-corrected chi connectivity index (χ0v) is 12.8. The molecule has 1 heterocycles. The van der Waals surface area contributed by atoms with E-state index < -0.39 is 0 Å². The van der Waals surface area contributed by atoms with Crippen molar-refractivity contribution in [2.45, 2.75) is 31.7 Å². The maximum Gasteiger partial charge on any atom is 0.319 e. The summed E-state index contributed by atoms with van der Waals surface area (Å²) in [6.07, 6.45) is 5.02. The second kappa shape index (κ2) is 7.63. The summed E-state index contributed by atoms with van der Waals surface area (Å²) in [5.41, 5.74) is 0.480. The van der Waals surface area contributed by atoms with Crippen LogP contribution in [0.25, 0.3) is 0 Å². The molecule has 7 heteroatoms. The quantitative estimate of drug-likeness (QED) is 0.830. The Labute approximate surface area is 129 Å². The van der Waals surface area contributed by atoms with Gasteiger partial charge in [0.1, 0.15) is 5.69 Å². The van der Waals surface area contributed by atoms with Crippen LogP contribution < -0.4 is 15.4 Å². The molecular weight excluding hydrogens is 286 g/mol. The van der Waals surface area contributed by atoms with Gasteiger partial charge < -0.3 is 20.1 Å². The lowest BCUT2D eigenvalue weighted by Crippen LogP contribution is -2.47. The number of pyridine rings is 1. The molecule has 1 aliphatic carbocycles. The van der Waals surface area contributed by atoms with Crippen LogP contribution in [0.15, 0.2) is 18.3 Å². The molecule has 2 N–H and O–H groups in total. The number of aromatic nitrogens is 1. The van der Waals surface area contributed by atoms with E-state index in [4.69, 9.17) is 9.47 Å². The van der Waals surface area contributed by atoms with E-state index in [0.717, 1.165) is 25.7 Å². The number of anilines is 1. The standard InChI is InChI=1S/C15H21N3O4/c1-21-13-12(8-5-9-16-13)18-15(20)17-11-7-4-3-6-10(11)14(19)22-2/h5,8-11H,3-4,6-7H2,1-2H3,(H2,17,18,20)/t10-,11-/m0/s1. The Morgan fingerprint density at radius 1 is 1.27 bits per heavy atom. The number of hydrogen-bond acceptors (Lipinski definition) is 5. The second-order valence-electron chi connectivity index (χ2n) is 5.18. The van der Waals surface area contributed by atoms with Crippen LogP contribution in [0, 0.1) is 5.92 Å². The van der Waals surface area contributed by atoms with Gasteiger partial charge in [-0.25, -0.2) is 9.78 Å². The first-order valence-electron chi connectivity index (χ1n) is 7.30. The lowest BCUT2D eigenvalue weighted by molar-refractivity contribution is -0.147. The molecule has 22 heavy (non-hydrogen) atoms. The van der Waals surface area contributed by atoms with Crippen LogP contribution in [0.2, 0.25) is 0 Å². The number of hydrogen-bond donors (Lipinski definition) is 2. The number of rotatable bonds is 4. The normalized spacial score (nSPS) is 20.8. The summed E-state index contributed by atoms with van der Waals surface area (Å²) >= 11 is 0. The van der Waals surface area contributed by atoms with E-state index in [0.29, 0.717) is 11.6 Å². The van der Waals surface area contributed by atoms with Gasteiger partial charge in [-0.3, -0.25) is 4.79 Å². The van der Waals surface area contributed by atoms with Gasteiger partial charge >= 0.3 is 12.0 Å². The van der Waals surface area contributed by atoms with Gasteiger partial charge in [-0.1, -0.05) is 12.8 Å². The molecule has 1 aliphatic rings. The van der Waals surface area contributed by atoms with Crippen LogP contribution in [-0.2, 0) is 9.53 Å². The summed E-state index contributed by atoms with van der Waals surface area (Å²) in [6.45, 7) is 0. The van der Waals surface area contributed by atoms with Gasteiger partial charge in [0.25, 0.3) is 0 Å². The fraction of sp³-hybridized carbons (Fsp3) is 0.533. The van der Waals surface area contributed by atoms with Crippen molar-refractivity contribution >= 4 is 17.7 Å². The van der Waals surface area contributed by atoms with E-state index >= 15 is 0 Å². The van der Waals surface area contributed by atoms with Crippen molar-refractivity contribution in [2.24, 2.45) is 5.92 Å². The number of esters is 1. The predicted molar refractivity (Wildman–Crippen MR) is 80.7 cm³/mol. The maximum atomic E-state index is 12.1. The van der Waals surface area contributed by atoms with E-state index in [-0.39, 0.29) is 24.0 Å². The van der Waals surface area contributed by atoms with Gasteiger partial charge in [-0.15, -0.1) is 0 Å². The molecule has 2 atom stereocenters. The van der Waals surface area contributed by atoms with Crippen molar-refractivity contribution < 1.29 is 19.1 Å². The molecule has 0 bridgehead atoms. The highest BCUT2D eigenvalue weighted by Crippen LogP contribution is 2.26. The number of carbonyl (C=O) groups is 2. The van der Waals surface area contributed by atoms with Gasteiger partial charge in [0.2, 0.25) is 5.88 Å². The second-order valence-corrected chi connectivity index (χ2v) is 5.18. The number of methoxy groups -OCH3 is 2. The number of ether oxygens (including phenoxy) is 2. The summed E-state index contributed by atoms with van der Waals surface area (Å²) < 4.78 is 9.90. The Morgan fingerprint density at radius 2 is 2.05 bits per heavy atom. The third-order valence-corrected chi connectivity index (χ3v) is 3.80. The summed E-state index contributed by atoms with van der Waals surface area (Å²) in [5.74, 6) is -0.227.